The number of hydrogen-bond acceptors (Lipinski definition) is 4. The van der Waals surface area contributed by atoms with Crippen molar-refractivity contribution in [3.63, 3.8) is 0 Å². The van der Waals surface area contributed by atoms with Gasteiger partial charge >= 0.3 is 0 Å². The summed E-state index contributed by atoms with van der Waals surface area (Å²) in [5, 5.41) is 11.7. The van der Waals surface area contributed by atoms with Crippen molar-refractivity contribution in [3.8, 4) is 0 Å². The number of halogens is 1. The zero-order chi connectivity index (χ0) is 18.8. The van der Waals surface area contributed by atoms with Crippen molar-refractivity contribution in [2.24, 2.45) is 0 Å². The van der Waals surface area contributed by atoms with Crippen molar-refractivity contribution in [1.29, 1.82) is 0 Å². The lowest BCUT2D eigenvalue weighted by Crippen LogP contribution is -2.53. The molecule has 5 nitrogen and oxygen atoms in total. The van der Waals surface area contributed by atoms with E-state index in [1.54, 1.807) is 17.0 Å². The minimum atomic E-state index is -0.611. The van der Waals surface area contributed by atoms with E-state index in [2.05, 4.69) is 34.1 Å². The van der Waals surface area contributed by atoms with Gasteiger partial charge in [0.25, 0.3) is 0 Å². The van der Waals surface area contributed by atoms with Crippen molar-refractivity contribution in [3.05, 3.63) is 65.2 Å². The second kappa shape index (κ2) is 7.89. The van der Waals surface area contributed by atoms with Crippen molar-refractivity contribution in [1.82, 2.24) is 9.80 Å². The highest BCUT2D eigenvalue weighted by atomic mass is 35.5. The van der Waals surface area contributed by atoms with E-state index in [0.29, 0.717) is 11.6 Å². The maximum Gasteiger partial charge on any atom is 0.210 e. The average molecular weight is 386 g/mol. The lowest BCUT2D eigenvalue weighted by Gasteiger charge is -2.39. The van der Waals surface area contributed by atoms with Crippen LogP contribution >= 0.6 is 11.6 Å². The Labute approximate surface area is 164 Å². The van der Waals surface area contributed by atoms with Gasteiger partial charge in [0.1, 0.15) is 0 Å². The average Bonchev–Trinajstić information content (AvgIpc) is 3.06. The van der Waals surface area contributed by atoms with Crippen LogP contribution in [0.5, 0.6) is 0 Å². The van der Waals surface area contributed by atoms with Crippen LogP contribution in [0.15, 0.2) is 54.6 Å². The number of benzene rings is 2. The van der Waals surface area contributed by atoms with E-state index in [4.69, 9.17) is 11.6 Å². The zero-order valence-electron chi connectivity index (χ0n) is 15.1. The second-order valence-electron chi connectivity index (χ2n) is 7.22. The molecule has 1 N–H and O–H groups in total. The minimum Gasteiger partial charge on any atom is -0.389 e. The van der Waals surface area contributed by atoms with Gasteiger partial charge in [-0.3, -0.25) is 9.69 Å². The smallest absolute Gasteiger partial charge is 0.210 e. The largest absolute Gasteiger partial charge is 0.389 e. The van der Waals surface area contributed by atoms with Crippen LogP contribution in [0, 0.1) is 0 Å². The Morgan fingerprint density at radius 1 is 0.963 bits per heavy atom. The first-order valence-corrected chi connectivity index (χ1v) is 9.74. The molecule has 2 aromatic rings. The van der Waals surface area contributed by atoms with E-state index in [-0.39, 0.29) is 12.1 Å². The van der Waals surface area contributed by atoms with E-state index in [1.165, 1.54) is 5.69 Å². The fourth-order valence-electron chi connectivity index (χ4n) is 4.28. The van der Waals surface area contributed by atoms with E-state index >= 15 is 0 Å². The summed E-state index contributed by atoms with van der Waals surface area (Å²) in [6.45, 7) is 4.12. The number of piperazine rings is 1. The van der Waals surface area contributed by atoms with Gasteiger partial charge < -0.3 is 14.9 Å². The molecule has 2 aliphatic heterocycles. The molecule has 2 heterocycles. The molecular weight excluding hydrogens is 362 g/mol. The van der Waals surface area contributed by atoms with Crippen LogP contribution in [-0.2, 0) is 4.79 Å². The summed E-state index contributed by atoms with van der Waals surface area (Å²) in [6.07, 6.45) is 0.238. The third kappa shape index (κ3) is 3.68. The van der Waals surface area contributed by atoms with E-state index < -0.39 is 6.10 Å². The van der Waals surface area contributed by atoms with Gasteiger partial charge in [-0.25, -0.2) is 0 Å². The summed E-state index contributed by atoms with van der Waals surface area (Å²) in [7, 11) is 0. The van der Waals surface area contributed by atoms with Crippen molar-refractivity contribution in [2.75, 3.05) is 37.6 Å². The molecule has 0 spiro atoms. The second-order valence-corrected chi connectivity index (χ2v) is 7.65. The van der Waals surface area contributed by atoms with Gasteiger partial charge in [-0.2, -0.15) is 0 Å². The number of nitrogens with zero attached hydrogens (tertiary/aromatic N) is 3. The molecule has 4 rings (SSSR count). The van der Waals surface area contributed by atoms with Gasteiger partial charge in [-0.1, -0.05) is 41.9 Å². The fourth-order valence-corrected chi connectivity index (χ4v) is 4.41. The standard InChI is InChI=1S/C21H24ClN3O2/c22-17-8-6-16(7-9-17)20-21(27)19(14-25(20)15-26)24-12-10-23(11-13-24)18-4-2-1-3-5-18/h1-9,15,19-21,27H,10-14H2. The zero-order valence-corrected chi connectivity index (χ0v) is 15.9. The fraction of sp³-hybridized carbons (Fsp3) is 0.381. The Morgan fingerprint density at radius 3 is 2.26 bits per heavy atom. The first-order chi connectivity index (χ1) is 13.2. The number of aliphatic hydroxyl groups is 1. The van der Waals surface area contributed by atoms with Gasteiger partial charge in [0.05, 0.1) is 18.2 Å². The number of para-hydroxylation sites is 1. The van der Waals surface area contributed by atoms with E-state index in [9.17, 15) is 9.90 Å². The number of amides is 1. The molecule has 6 heteroatoms. The third-order valence-electron chi connectivity index (χ3n) is 5.72. The van der Waals surface area contributed by atoms with Crippen LogP contribution in [-0.4, -0.2) is 66.2 Å². The Bertz CT molecular complexity index is 763. The summed E-state index contributed by atoms with van der Waals surface area (Å²) >= 11 is 5.98. The van der Waals surface area contributed by atoms with E-state index in [1.807, 2.05) is 18.2 Å². The SMILES string of the molecule is O=CN1CC(N2CCN(c3ccccc3)CC2)C(O)C1c1ccc(Cl)cc1. The van der Waals surface area contributed by atoms with Crippen molar-refractivity contribution in [2.45, 2.75) is 18.2 Å². The summed E-state index contributed by atoms with van der Waals surface area (Å²) in [6, 6.07) is 17.4. The molecule has 0 aliphatic carbocycles. The molecule has 142 valence electrons. The molecule has 2 aliphatic rings. The minimum absolute atomic E-state index is 0.0474. The van der Waals surface area contributed by atoms with Crippen LogP contribution < -0.4 is 4.90 Å². The van der Waals surface area contributed by atoms with Crippen LogP contribution in [0.4, 0.5) is 5.69 Å². The molecule has 0 bridgehead atoms. The summed E-state index contributed by atoms with van der Waals surface area (Å²) < 4.78 is 0. The third-order valence-corrected chi connectivity index (χ3v) is 5.98. The lowest BCUT2D eigenvalue weighted by atomic mass is 9.99. The maximum atomic E-state index is 11.6. The number of rotatable bonds is 4. The predicted molar refractivity (Wildman–Crippen MR) is 107 cm³/mol. The summed E-state index contributed by atoms with van der Waals surface area (Å²) in [5.74, 6) is 0. The topological polar surface area (TPSA) is 47.0 Å². The first-order valence-electron chi connectivity index (χ1n) is 9.36. The summed E-state index contributed by atoms with van der Waals surface area (Å²) in [4.78, 5) is 18.0. The van der Waals surface area contributed by atoms with Gasteiger partial charge in [0.2, 0.25) is 6.41 Å². The van der Waals surface area contributed by atoms with E-state index in [0.717, 1.165) is 38.2 Å². The number of likely N-dealkylation sites (tertiary alicyclic amines) is 1. The Kier molecular flexibility index (Phi) is 5.34. The molecule has 3 unspecified atom stereocenters. The molecule has 0 aromatic heterocycles. The van der Waals surface area contributed by atoms with Crippen LogP contribution in [0.1, 0.15) is 11.6 Å². The highest BCUT2D eigenvalue weighted by Gasteiger charge is 2.44. The molecule has 2 fully saturated rings. The molecule has 3 atom stereocenters. The Balaban J connectivity index is 1.45. The monoisotopic (exact) mass is 385 g/mol. The number of aliphatic hydroxyl groups excluding tert-OH is 1. The van der Waals surface area contributed by atoms with Gasteiger partial charge in [-0.15, -0.1) is 0 Å². The number of anilines is 1. The molecule has 0 radical (unpaired) electrons. The normalized spacial score (nSPS) is 26.4. The lowest BCUT2D eigenvalue weighted by molar-refractivity contribution is -0.119. The van der Waals surface area contributed by atoms with Crippen LogP contribution in [0.2, 0.25) is 5.02 Å². The highest BCUT2D eigenvalue weighted by Crippen LogP contribution is 2.34. The van der Waals surface area contributed by atoms with Gasteiger partial charge in [-0.05, 0) is 29.8 Å². The Morgan fingerprint density at radius 2 is 1.63 bits per heavy atom. The molecule has 2 saturated heterocycles. The predicted octanol–water partition coefficient (Wildman–Crippen LogP) is 2.40. The molecule has 2 aromatic carbocycles. The summed E-state index contributed by atoms with van der Waals surface area (Å²) in [5.41, 5.74) is 2.15. The maximum absolute atomic E-state index is 11.6. The number of carbonyl (C=O) groups is 1. The molecule has 27 heavy (non-hydrogen) atoms. The Hall–Kier alpha value is -2.08. The number of hydrogen-bond donors (Lipinski definition) is 1. The number of carbonyl (C=O) groups excluding carboxylic acids is 1. The van der Waals surface area contributed by atoms with Crippen molar-refractivity contribution >= 4 is 23.7 Å². The molecule has 1 amide bonds. The quantitative estimate of drug-likeness (QED) is 0.821. The first kappa shape index (κ1) is 18.3. The highest BCUT2D eigenvalue weighted by molar-refractivity contribution is 6.30. The molecular formula is C21H24ClN3O2. The van der Waals surface area contributed by atoms with Crippen LogP contribution in [0.25, 0.3) is 0 Å². The van der Waals surface area contributed by atoms with Gasteiger partial charge in [0.15, 0.2) is 0 Å². The van der Waals surface area contributed by atoms with Crippen molar-refractivity contribution < 1.29 is 9.90 Å². The molecule has 0 saturated carbocycles. The van der Waals surface area contributed by atoms with Gasteiger partial charge in [0, 0.05) is 43.4 Å². The van der Waals surface area contributed by atoms with Crippen LogP contribution in [0.3, 0.4) is 0 Å².